The third kappa shape index (κ3) is 3.99. The number of primary amides is 1. The highest BCUT2D eigenvalue weighted by Crippen LogP contribution is 1.95. The van der Waals surface area contributed by atoms with Gasteiger partial charge in [-0.25, -0.2) is 0 Å². The second kappa shape index (κ2) is 5.62. The van der Waals surface area contributed by atoms with Crippen molar-refractivity contribution in [3.05, 3.63) is 0 Å². The zero-order chi connectivity index (χ0) is 9.56. The first-order valence-electron chi connectivity index (χ1n) is 4.10. The van der Waals surface area contributed by atoms with E-state index < -0.39 is 0 Å². The molecule has 0 aromatic heterocycles. The van der Waals surface area contributed by atoms with Gasteiger partial charge in [-0.2, -0.15) is 0 Å². The minimum absolute atomic E-state index is 0.146. The molecule has 68 valence electrons. The largest absolute Gasteiger partial charge is 0.368 e. The average molecular weight is 168 g/mol. The van der Waals surface area contributed by atoms with Crippen molar-refractivity contribution in [2.45, 2.75) is 38.8 Å². The Morgan fingerprint density at radius 1 is 1.75 bits per heavy atom. The molecule has 2 unspecified atom stereocenters. The van der Waals surface area contributed by atoms with E-state index in [1.165, 1.54) is 0 Å². The van der Waals surface area contributed by atoms with Crippen LogP contribution in [0.25, 0.3) is 0 Å². The molecule has 3 N–H and O–H groups in total. The lowest BCUT2D eigenvalue weighted by atomic mass is 10.1. The third-order valence-corrected chi connectivity index (χ3v) is 1.66. The predicted octanol–water partition coefficient (Wildman–Crippen LogP) is 0.252. The molecular formula is C9H16N2O. The number of hydrogen-bond acceptors (Lipinski definition) is 2. The van der Waals surface area contributed by atoms with Crippen molar-refractivity contribution in [3.8, 4) is 12.3 Å². The Kier molecular flexibility index (Phi) is 5.14. The molecular weight excluding hydrogens is 152 g/mol. The van der Waals surface area contributed by atoms with Gasteiger partial charge >= 0.3 is 0 Å². The van der Waals surface area contributed by atoms with E-state index in [0.29, 0.717) is 12.8 Å². The van der Waals surface area contributed by atoms with Gasteiger partial charge in [0.2, 0.25) is 5.91 Å². The number of carbonyl (C=O) groups excluding carboxylic acids is 1. The fourth-order valence-corrected chi connectivity index (χ4v) is 0.980. The van der Waals surface area contributed by atoms with Crippen molar-refractivity contribution >= 4 is 5.91 Å². The van der Waals surface area contributed by atoms with E-state index in [4.69, 9.17) is 12.2 Å². The van der Waals surface area contributed by atoms with Crippen LogP contribution in [-0.2, 0) is 4.79 Å². The molecule has 0 bridgehead atoms. The summed E-state index contributed by atoms with van der Waals surface area (Å²) in [4.78, 5) is 10.8. The van der Waals surface area contributed by atoms with E-state index in [0.717, 1.165) is 0 Å². The molecule has 0 aromatic carbocycles. The molecule has 0 saturated carbocycles. The highest BCUT2D eigenvalue weighted by molar-refractivity contribution is 5.79. The van der Waals surface area contributed by atoms with Crippen LogP contribution < -0.4 is 11.1 Å². The standard InChI is InChI=1S/C9H16N2O/c1-4-6-7(3)11-8(5-2)9(10)12/h1,7-8,11H,5-6H2,2-3H3,(H2,10,12). The summed E-state index contributed by atoms with van der Waals surface area (Å²) < 4.78 is 0. The monoisotopic (exact) mass is 168 g/mol. The van der Waals surface area contributed by atoms with Crippen LogP contribution in [0.5, 0.6) is 0 Å². The maximum atomic E-state index is 10.8. The van der Waals surface area contributed by atoms with Crippen molar-refractivity contribution in [1.29, 1.82) is 0 Å². The van der Waals surface area contributed by atoms with Gasteiger partial charge in [0.25, 0.3) is 0 Å². The topological polar surface area (TPSA) is 55.1 Å². The number of terminal acetylenes is 1. The molecule has 0 fully saturated rings. The molecule has 0 aliphatic heterocycles. The summed E-state index contributed by atoms with van der Waals surface area (Å²) in [5.74, 6) is 2.20. The summed E-state index contributed by atoms with van der Waals surface area (Å²) in [6, 6.07) is -0.110. The van der Waals surface area contributed by atoms with E-state index in [1.54, 1.807) is 0 Å². The molecule has 1 amide bonds. The number of hydrogen-bond donors (Lipinski definition) is 2. The molecule has 0 spiro atoms. The Morgan fingerprint density at radius 2 is 2.33 bits per heavy atom. The number of carbonyl (C=O) groups is 1. The van der Waals surface area contributed by atoms with Gasteiger partial charge in [0.1, 0.15) is 0 Å². The van der Waals surface area contributed by atoms with Crippen LogP contribution >= 0.6 is 0 Å². The fourth-order valence-electron chi connectivity index (χ4n) is 0.980. The van der Waals surface area contributed by atoms with Gasteiger partial charge in [0.15, 0.2) is 0 Å². The maximum absolute atomic E-state index is 10.8. The van der Waals surface area contributed by atoms with Crippen LogP contribution in [0.3, 0.4) is 0 Å². The number of nitrogens with two attached hydrogens (primary N) is 1. The van der Waals surface area contributed by atoms with Crippen molar-refractivity contribution in [1.82, 2.24) is 5.32 Å². The number of amides is 1. The zero-order valence-electron chi connectivity index (χ0n) is 7.63. The molecule has 0 rings (SSSR count). The smallest absolute Gasteiger partial charge is 0.234 e. The molecule has 3 heteroatoms. The van der Waals surface area contributed by atoms with Crippen molar-refractivity contribution < 1.29 is 4.79 Å². The summed E-state index contributed by atoms with van der Waals surface area (Å²) in [6.45, 7) is 3.84. The molecule has 0 aliphatic carbocycles. The van der Waals surface area contributed by atoms with Gasteiger partial charge in [-0.3, -0.25) is 4.79 Å². The van der Waals surface area contributed by atoms with E-state index in [2.05, 4.69) is 11.2 Å². The molecule has 0 aliphatic rings. The van der Waals surface area contributed by atoms with E-state index in [1.807, 2.05) is 13.8 Å². The lowest BCUT2D eigenvalue weighted by Gasteiger charge is -2.17. The first-order valence-corrected chi connectivity index (χ1v) is 4.10. The van der Waals surface area contributed by atoms with Crippen LogP contribution in [0.2, 0.25) is 0 Å². The lowest BCUT2D eigenvalue weighted by molar-refractivity contribution is -0.120. The van der Waals surface area contributed by atoms with Crippen molar-refractivity contribution in [2.75, 3.05) is 0 Å². The van der Waals surface area contributed by atoms with Gasteiger partial charge in [-0.15, -0.1) is 12.3 Å². The Hall–Kier alpha value is -1.01. The number of rotatable bonds is 5. The van der Waals surface area contributed by atoms with E-state index in [-0.39, 0.29) is 18.0 Å². The van der Waals surface area contributed by atoms with Crippen LogP contribution in [0, 0.1) is 12.3 Å². The van der Waals surface area contributed by atoms with Crippen molar-refractivity contribution in [3.63, 3.8) is 0 Å². The summed E-state index contributed by atoms with van der Waals surface area (Å²) >= 11 is 0. The molecule has 12 heavy (non-hydrogen) atoms. The van der Waals surface area contributed by atoms with Gasteiger partial charge in [-0.05, 0) is 13.3 Å². The van der Waals surface area contributed by atoms with Crippen LogP contribution in [0.4, 0.5) is 0 Å². The average Bonchev–Trinajstić information content (AvgIpc) is 2.00. The quantitative estimate of drug-likeness (QED) is 0.578. The second-order valence-corrected chi connectivity index (χ2v) is 2.84. The van der Waals surface area contributed by atoms with E-state index in [9.17, 15) is 4.79 Å². The highest BCUT2D eigenvalue weighted by atomic mass is 16.1. The summed E-state index contributed by atoms with van der Waals surface area (Å²) in [5, 5.41) is 3.05. The Balaban J connectivity index is 3.87. The van der Waals surface area contributed by atoms with Crippen molar-refractivity contribution in [2.24, 2.45) is 5.73 Å². The van der Waals surface area contributed by atoms with Gasteiger partial charge < -0.3 is 11.1 Å². The molecule has 0 heterocycles. The zero-order valence-corrected chi connectivity index (χ0v) is 7.63. The minimum Gasteiger partial charge on any atom is -0.368 e. The summed E-state index contributed by atoms with van der Waals surface area (Å²) in [5.41, 5.74) is 5.14. The molecule has 0 saturated heterocycles. The highest BCUT2D eigenvalue weighted by Gasteiger charge is 2.14. The molecule has 0 radical (unpaired) electrons. The van der Waals surface area contributed by atoms with Crippen LogP contribution in [0.15, 0.2) is 0 Å². The lowest BCUT2D eigenvalue weighted by Crippen LogP contribution is -2.44. The van der Waals surface area contributed by atoms with E-state index >= 15 is 0 Å². The van der Waals surface area contributed by atoms with Crippen LogP contribution in [0.1, 0.15) is 26.7 Å². The summed E-state index contributed by atoms with van der Waals surface area (Å²) in [6.07, 6.45) is 6.43. The predicted molar refractivity (Wildman–Crippen MR) is 49.3 cm³/mol. The molecule has 2 atom stereocenters. The van der Waals surface area contributed by atoms with Gasteiger partial charge in [0, 0.05) is 12.5 Å². The maximum Gasteiger partial charge on any atom is 0.234 e. The SMILES string of the molecule is C#CCC(C)NC(CC)C(N)=O. The second-order valence-electron chi connectivity index (χ2n) is 2.84. The Morgan fingerprint density at radius 3 is 2.67 bits per heavy atom. The minimum atomic E-state index is -0.318. The summed E-state index contributed by atoms with van der Waals surface area (Å²) in [7, 11) is 0. The normalized spacial score (nSPS) is 14.8. The number of nitrogens with one attached hydrogen (secondary N) is 1. The third-order valence-electron chi connectivity index (χ3n) is 1.66. The molecule has 3 nitrogen and oxygen atoms in total. The first kappa shape index (κ1) is 11.0. The van der Waals surface area contributed by atoms with Gasteiger partial charge in [0.05, 0.1) is 6.04 Å². The Bertz CT molecular complexity index is 183. The van der Waals surface area contributed by atoms with Gasteiger partial charge in [-0.1, -0.05) is 6.92 Å². The Labute approximate surface area is 73.7 Å². The van der Waals surface area contributed by atoms with Crippen LogP contribution in [-0.4, -0.2) is 18.0 Å². The molecule has 0 aromatic rings. The first-order chi connectivity index (χ1) is 5.61. The fraction of sp³-hybridized carbons (Fsp3) is 0.667.